The van der Waals surface area contributed by atoms with Crippen molar-refractivity contribution in [1.29, 1.82) is 0 Å². The lowest BCUT2D eigenvalue weighted by Crippen LogP contribution is -2.49. The first kappa shape index (κ1) is 18.8. The second-order valence-electron chi connectivity index (χ2n) is 6.35. The van der Waals surface area contributed by atoms with Crippen molar-refractivity contribution in [1.82, 2.24) is 4.90 Å². The summed E-state index contributed by atoms with van der Waals surface area (Å²) in [5.41, 5.74) is 1.08. The summed E-state index contributed by atoms with van der Waals surface area (Å²) in [5.74, 6) is 1.32. The van der Waals surface area contributed by atoms with E-state index in [0.717, 1.165) is 36.9 Å². The summed E-state index contributed by atoms with van der Waals surface area (Å²) in [4.78, 5) is 4.54. The Morgan fingerprint density at radius 2 is 1.65 bits per heavy atom. The lowest BCUT2D eigenvalue weighted by atomic mass is 10.2. The minimum absolute atomic E-state index is 0.241. The van der Waals surface area contributed by atoms with Crippen molar-refractivity contribution in [3.05, 3.63) is 53.6 Å². The second-order valence-corrected chi connectivity index (χ2v) is 6.76. The Bertz CT molecular complexity index is 705. The zero-order chi connectivity index (χ0) is 18.4. The lowest BCUT2D eigenvalue weighted by molar-refractivity contribution is 0.0653. The van der Waals surface area contributed by atoms with Crippen molar-refractivity contribution in [2.75, 3.05) is 51.3 Å². The summed E-state index contributed by atoms with van der Waals surface area (Å²) >= 11 is 6.28. The van der Waals surface area contributed by atoms with Crippen LogP contribution in [0.4, 0.5) is 5.69 Å². The molecule has 2 aromatic carbocycles. The summed E-state index contributed by atoms with van der Waals surface area (Å²) in [6.45, 7) is 4.39. The number of anilines is 1. The molecule has 2 aromatic rings. The lowest BCUT2D eigenvalue weighted by Gasteiger charge is -2.37. The Labute approximate surface area is 159 Å². The first-order chi connectivity index (χ1) is 12.7. The van der Waals surface area contributed by atoms with E-state index in [1.807, 2.05) is 48.5 Å². The molecular formula is C20H25ClN2O3. The highest BCUT2D eigenvalue weighted by molar-refractivity contribution is 6.33. The number of aliphatic hydroxyl groups excluding tert-OH is 1. The normalized spacial score (nSPS) is 16.3. The van der Waals surface area contributed by atoms with E-state index in [4.69, 9.17) is 21.1 Å². The average Bonchev–Trinajstić information content (AvgIpc) is 2.68. The standard InChI is InChI=1S/C20H25ClN2O3/c1-25-19-8-4-5-9-20(19)26-15-16(24)14-22-10-12-23(13-11-22)18-7-3-2-6-17(18)21/h2-9,16,24H,10-15H2,1H3/t16-/m1/s1. The third kappa shape index (κ3) is 4.81. The fraction of sp³-hybridized carbons (Fsp3) is 0.400. The molecule has 1 aliphatic rings. The van der Waals surface area contributed by atoms with E-state index in [1.54, 1.807) is 7.11 Å². The molecular weight excluding hydrogens is 352 g/mol. The maximum atomic E-state index is 10.3. The van der Waals surface area contributed by atoms with E-state index in [1.165, 1.54) is 0 Å². The van der Waals surface area contributed by atoms with Gasteiger partial charge in [-0.1, -0.05) is 35.9 Å². The second kappa shape index (κ2) is 9.12. The molecule has 0 bridgehead atoms. The van der Waals surface area contributed by atoms with E-state index < -0.39 is 6.10 Å². The molecule has 1 N–H and O–H groups in total. The fourth-order valence-electron chi connectivity index (χ4n) is 3.15. The van der Waals surface area contributed by atoms with Gasteiger partial charge >= 0.3 is 0 Å². The molecule has 1 heterocycles. The molecule has 1 saturated heterocycles. The predicted octanol–water partition coefficient (Wildman–Crippen LogP) is 2.91. The molecule has 6 heteroatoms. The summed E-state index contributed by atoms with van der Waals surface area (Å²) in [6, 6.07) is 15.4. The maximum absolute atomic E-state index is 10.3. The van der Waals surface area contributed by atoms with Gasteiger partial charge in [0.2, 0.25) is 0 Å². The van der Waals surface area contributed by atoms with E-state index in [0.29, 0.717) is 18.0 Å². The average molecular weight is 377 g/mol. The van der Waals surface area contributed by atoms with Crippen molar-refractivity contribution in [2.24, 2.45) is 0 Å². The number of piperazine rings is 1. The van der Waals surface area contributed by atoms with Gasteiger partial charge in [-0.3, -0.25) is 4.90 Å². The predicted molar refractivity (Wildman–Crippen MR) is 105 cm³/mol. The fourth-order valence-corrected chi connectivity index (χ4v) is 3.41. The molecule has 0 unspecified atom stereocenters. The summed E-state index contributed by atoms with van der Waals surface area (Å²) in [5, 5.41) is 11.1. The first-order valence-electron chi connectivity index (χ1n) is 8.83. The number of β-amino-alcohol motifs (C(OH)–C–C–N with tert-alkyl or cyclic N) is 1. The number of nitrogens with zero attached hydrogens (tertiary/aromatic N) is 2. The van der Waals surface area contributed by atoms with Crippen LogP contribution in [0.15, 0.2) is 48.5 Å². The minimum Gasteiger partial charge on any atom is -0.493 e. The van der Waals surface area contributed by atoms with Gasteiger partial charge in [-0.2, -0.15) is 0 Å². The summed E-state index contributed by atoms with van der Waals surface area (Å²) in [7, 11) is 1.61. The molecule has 26 heavy (non-hydrogen) atoms. The van der Waals surface area contributed by atoms with Crippen LogP contribution >= 0.6 is 11.6 Å². The van der Waals surface area contributed by atoms with E-state index >= 15 is 0 Å². The highest BCUT2D eigenvalue weighted by Crippen LogP contribution is 2.27. The van der Waals surface area contributed by atoms with Crippen molar-refractivity contribution >= 4 is 17.3 Å². The van der Waals surface area contributed by atoms with Crippen LogP contribution < -0.4 is 14.4 Å². The van der Waals surface area contributed by atoms with E-state index in [9.17, 15) is 5.11 Å². The number of methoxy groups -OCH3 is 1. The molecule has 5 nitrogen and oxygen atoms in total. The SMILES string of the molecule is COc1ccccc1OC[C@H](O)CN1CCN(c2ccccc2Cl)CC1. The van der Waals surface area contributed by atoms with Gasteiger partial charge in [-0.05, 0) is 24.3 Å². The smallest absolute Gasteiger partial charge is 0.161 e. The zero-order valence-electron chi connectivity index (χ0n) is 15.0. The zero-order valence-corrected chi connectivity index (χ0v) is 15.7. The number of para-hydroxylation sites is 3. The molecule has 1 aliphatic heterocycles. The molecule has 0 aliphatic carbocycles. The van der Waals surface area contributed by atoms with Gasteiger partial charge < -0.3 is 19.5 Å². The summed E-state index contributed by atoms with van der Waals surface area (Å²) < 4.78 is 11.0. The van der Waals surface area contributed by atoms with E-state index in [-0.39, 0.29) is 6.61 Å². The number of benzene rings is 2. The van der Waals surface area contributed by atoms with Crippen LogP contribution in [0.5, 0.6) is 11.5 Å². The van der Waals surface area contributed by atoms with Crippen LogP contribution in [0.3, 0.4) is 0 Å². The van der Waals surface area contributed by atoms with Gasteiger partial charge in [0, 0.05) is 32.7 Å². The highest BCUT2D eigenvalue weighted by atomic mass is 35.5. The van der Waals surface area contributed by atoms with Gasteiger partial charge in [-0.15, -0.1) is 0 Å². The molecule has 0 amide bonds. The van der Waals surface area contributed by atoms with Crippen molar-refractivity contribution in [3.8, 4) is 11.5 Å². The summed E-state index contributed by atoms with van der Waals surface area (Å²) in [6.07, 6.45) is -0.549. The largest absolute Gasteiger partial charge is 0.493 e. The van der Waals surface area contributed by atoms with Crippen LogP contribution in [0.2, 0.25) is 5.02 Å². The van der Waals surface area contributed by atoms with Crippen LogP contribution in [0.1, 0.15) is 0 Å². The quantitative estimate of drug-likeness (QED) is 0.805. The molecule has 3 rings (SSSR count). The maximum Gasteiger partial charge on any atom is 0.161 e. The first-order valence-corrected chi connectivity index (χ1v) is 9.21. The third-order valence-corrected chi connectivity index (χ3v) is 4.85. The Kier molecular flexibility index (Phi) is 6.61. The van der Waals surface area contributed by atoms with Gasteiger partial charge in [0.1, 0.15) is 12.7 Å². The topological polar surface area (TPSA) is 45.2 Å². The number of hydrogen-bond acceptors (Lipinski definition) is 5. The highest BCUT2D eigenvalue weighted by Gasteiger charge is 2.21. The Balaban J connectivity index is 1.45. The van der Waals surface area contributed by atoms with Crippen LogP contribution in [0, 0.1) is 0 Å². The molecule has 1 fully saturated rings. The molecule has 0 saturated carbocycles. The van der Waals surface area contributed by atoms with Gasteiger partial charge in [0.25, 0.3) is 0 Å². The van der Waals surface area contributed by atoms with Gasteiger partial charge in [0.15, 0.2) is 11.5 Å². The molecule has 0 spiro atoms. The Morgan fingerprint density at radius 1 is 1.00 bits per heavy atom. The van der Waals surface area contributed by atoms with Crippen LogP contribution in [0.25, 0.3) is 0 Å². The number of ether oxygens (including phenoxy) is 2. The third-order valence-electron chi connectivity index (χ3n) is 4.53. The van der Waals surface area contributed by atoms with Crippen molar-refractivity contribution in [3.63, 3.8) is 0 Å². The van der Waals surface area contributed by atoms with Gasteiger partial charge in [-0.25, -0.2) is 0 Å². The van der Waals surface area contributed by atoms with Crippen molar-refractivity contribution < 1.29 is 14.6 Å². The Morgan fingerprint density at radius 3 is 2.35 bits per heavy atom. The van der Waals surface area contributed by atoms with Gasteiger partial charge in [0.05, 0.1) is 17.8 Å². The molecule has 0 radical (unpaired) electrons. The molecule has 0 aromatic heterocycles. The monoisotopic (exact) mass is 376 g/mol. The molecule has 140 valence electrons. The number of aliphatic hydroxyl groups is 1. The minimum atomic E-state index is -0.549. The van der Waals surface area contributed by atoms with Crippen molar-refractivity contribution in [2.45, 2.75) is 6.10 Å². The molecule has 1 atom stereocenters. The number of halogens is 1. The van der Waals surface area contributed by atoms with Crippen LogP contribution in [-0.4, -0.2) is 62.6 Å². The Hall–Kier alpha value is -1.95. The number of hydrogen-bond donors (Lipinski definition) is 1. The van der Waals surface area contributed by atoms with E-state index in [2.05, 4.69) is 9.80 Å². The van der Waals surface area contributed by atoms with Crippen LogP contribution in [-0.2, 0) is 0 Å². The number of rotatable bonds is 7.